The molecule has 0 aromatic heterocycles. The Morgan fingerprint density at radius 2 is 1.52 bits per heavy atom. The number of nitrogens with zero attached hydrogens (tertiary/aromatic N) is 2. The summed E-state index contributed by atoms with van der Waals surface area (Å²) in [6.45, 7) is 3.83. The molecule has 0 radical (unpaired) electrons. The Morgan fingerprint density at radius 3 is 2.05 bits per heavy atom. The molecule has 1 fully saturated rings. The number of benzene rings is 2. The first kappa shape index (κ1) is 29.2. The second-order valence-electron chi connectivity index (χ2n) is 10.6. The van der Waals surface area contributed by atoms with E-state index in [1.165, 1.54) is 0 Å². The van der Waals surface area contributed by atoms with Crippen molar-refractivity contribution in [3.63, 3.8) is 0 Å². The Kier molecular flexibility index (Phi) is 8.29. The SMILES string of the molecule is CC(C)C[C@@]1(C(CCN2C(=O)c3c(F)c(F)c(F)c(F)c3C2=O)C(=O)NO)CCN(CCc2ccccc2)C1=O. The van der Waals surface area contributed by atoms with Gasteiger partial charge < -0.3 is 4.90 Å². The van der Waals surface area contributed by atoms with Gasteiger partial charge >= 0.3 is 0 Å². The molecule has 0 bridgehead atoms. The van der Waals surface area contributed by atoms with Crippen LogP contribution < -0.4 is 5.48 Å². The molecule has 4 amide bonds. The highest BCUT2D eigenvalue weighted by atomic mass is 19.2. The summed E-state index contributed by atoms with van der Waals surface area (Å²) in [5.74, 6) is -13.8. The fourth-order valence-corrected chi connectivity index (χ4v) is 5.96. The van der Waals surface area contributed by atoms with E-state index in [1.54, 1.807) is 10.4 Å². The van der Waals surface area contributed by atoms with E-state index < -0.39 is 70.0 Å². The highest BCUT2D eigenvalue weighted by molar-refractivity contribution is 6.21. The second-order valence-corrected chi connectivity index (χ2v) is 10.6. The van der Waals surface area contributed by atoms with Crippen LogP contribution in [-0.2, 0) is 16.0 Å². The first-order valence-electron chi connectivity index (χ1n) is 12.9. The Labute approximate surface area is 227 Å². The van der Waals surface area contributed by atoms with E-state index in [4.69, 9.17) is 0 Å². The number of hydrogen-bond donors (Lipinski definition) is 2. The smallest absolute Gasteiger partial charge is 0.264 e. The minimum atomic E-state index is -2.22. The van der Waals surface area contributed by atoms with Gasteiger partial charge in [0.15, 0.2) is 23.3 Å². The number of likely N-dealkylation sites (tertiary alicyclic amines) is 1. The lowest BCUT2D eigenvalue weighted by molar-refractivity contribution is -0.150. The van der Waals surface area contributed by atoms with Crippen LogP contribution in [0.4, 0.5) is 17.6 Å². The number of hydroxylamine groups is 1. The summed E-state index contributed by atoms with van der Waals surface area (Å²) < 4.78 is 56.2. The number of halogens is 4. The Balaban J connectivity index is 1.60. The van der Waals surface area contributed by atoms with E-state index >= 15 is 0 Å². The van der Waals surface area contributed by atoms with Crippen molar-refractivity contribution in [2.24, 2.45) is 17.3 Å². The molecule has 0 aliphatic carbocycles. The van der Waals surface area contributed by atoms with Crippen molar-refractivity contribution in [2.45, 2.75) is 39.5 Å². The first-order chi connectivity index (χ1) is 18.9. The number of fused-ring (bicyclic) bond motifs is 1. The van der Waals surface area contributed by atoms with E-state index in [-0.39, 0.29) is 31.1 Å². The predicted octanol–water partition coefficient (Wildman–Crippen LogP) is 3.86. The fourth-order valence-electron chi connectivity index (χ4n) is 5.96. The minimum Gasteiger partial charge on any atom is -0.342 e. The molecule has 4 rings (SSSR count). The summed E-state index contributed by atoms with van der Waals surface area (Å²) in [4.78, 5) is 54.4. The van der Waals surface area contributed by atoms with Gasteiger partial charge in [0.25, 0.3) is 11.8 Å². The average Bonchev–Trinajstić information content (AvgIpc) is 3.37. The third-order valence-corrected chi connectivity index (χ3v) is 7.75. The van der Waals surface area contributed by atoms with Crippen molar-refractivity contribution in [2.75, 3.05) is 19.6 Å². The monoisotopic (exact) mass is 563 g/mol. The summed E-state index contributed by atoms with van der Waals surface area (Å²) >= 11 is 0. The summed E-state index contributed by atoms with van der Waals surface area (Å²) in [6, 6.07) is 9.49. The van der Waals surface area contributed by atoms with Crippen LogP contribution >= 0.6 is 0 Å². The number of imide groups is 1. The quantitative estimate of drug-likeness (QED) is 0.114. The van der Waals surface area contributed by atoms with Gasteiger partial charge in [0.2, 0.25) is 11.8 Å². The van der Waals surface area contributed by atoms with E-state index in [9.17, 15) is 41.9 Å². The van der Waals surface area contributed by atoms with E-state index in [0.717, 1.165) is 5.56 Å². The standard InChI is InChI=1S/C28H29F4N3O5/c1-15(2)14-28(10-13-34(27(28)39)11-8-16-6-4-3-5-7-16)17(24(36)33-40)9-12-35-25(37)18-19(26(35)38)21(30)23(32)22(31)20(18)29/h3-7,15,17,40H,8-14H2,1-2H3,(H,33,36)/t17?,28-/m1/s1. The number of amides is 4. The molecule has 2 aliphatic rings. The molecule has 2 aliphatic heterocycles. The molecular formula is C28H29F4N3O5. The maximum absolute atomic E-state index is 14.3. The van der Waals surface area contributed by atoms with Crippen LogP contribution in [-0.4, -0.2) is 58.3 Å². The van der Waals surface area contributed by atoms with Crippen LogP contribution in [0, 0.1) is 40.5 Å². The number of rotatable bonds is 10. The van der Waals surface area contributed by atoms with Crippen LogP contribution in [0.25, 0.3) is 0 Å². The molecule has 214 valence electrons. The van der Waals surface area contributed by atoms with Crippen molar-refractivity contribution in [1.82, 2.24) is 15.3 Å². The molecule has 2 aromatic carbocycles. The number of carbonyl (C=O) groups is 4. The normalized spacial score (nSPS) is 19.6. The van der Waals surface area contributed by atoms with Crippen LogP contribution in [0.15, 0.2) is 30.3 Å². The second kappa shape index (κ2) is 11.4. The summed E-state index contributed by atoms with van der Waals surface area (Å²) in [5.41, 5.74) is -1.19. The highest BCUT2D eigenvalue weighted by Gasteiger charge is 2.55. The largest absolute Gasteiger partial charge is 0.342 e. The van der Waals surface area contributed by atoms with Gasteiger partial charge in [-0.05, 0) is 37.2 Å². The van der Waals surface area contributed by atoms with E-state index in [2.05, 4.69) is 0 Å². The van der Waals surface area contributed by atoms with Crippen molar-refractivity contribution in [1.29, 1.82) is 0 Å². The van der Waals surface area contributed by atoms with Gasteiger partial charge in [0, 0.05) is 19.6 Å². The van der Waals surface area contributed by atoms with Gasteiger partial charge in [-0.2, -0.15) is 0 Å². The highest BCUT2D eigenvalue weighted by Crippen LogP contribution is 2.46. The zero-order valence-electron chi connectivity index (χ0n) is 22.0. The Bertz CT molecular complexity index is 1310. The van der Waals surface area contributed by atoms with Gasteiger partial charge in [0.05, 0.1) is 22.5 Å². The van der Waals surface area contributed by atoms with Crippen molar-refractivity contribution in [3.05, 3.63) is 70.3 Å². The number of hydrogen-bond acceptors (Lipinski definition) is 5. The van der Waals surface area contributed by atoms with Crippen LogP contribution in [0.2, 0.25) is 0 Å². The molecule has 1 unspecified atom stereocenters. The van der Waals surface area contributed by atoms with Crippen molar-refractivity contribution in [3.8, 4) is 0 Å². The van der Waals surface area contributed by atoms with Crippen LogP contribution in [0.5, 0.6) is 0 Å². The maximum Gasteiger partial charge on any atom is 0.264 e. The zero-order chi connectivity index (χ0) is 29.4. The number of carbonyl (C=O) groups excluding carboxylic acids is 4. The summed E-state index contributed by atoms with van der Waals surface area (Å²) in [6.07, 6.45) is 0.712. The van der Waals surface area contributed by atoms with Gasteiger partial charge in [0.1, 0.15) is 0 Å². The molecular weight excluding hydrogens is 534 g/mol. The first-order valence-corrected chi connectivity index (χ1v) is 12.9. The Morgan fingerprint density at radius 1 is 0.950 bits per heavy atom. The van der Waals surface area contributed by atoms with Gasteiger partial charge in [-0.1, -0.05) is 44.2 Å². The van der Waals surface area contributed by atoms with Gasteiger partial charge in [-0.25, -0.2) is 23.0 Å². The molecule has 2 aromatic rings. The molecule has 8 nitrogen and oxygen atoms in total. The fraction of sp³-hybridized carbons (Fsp3) is 0.429. The molecule has 0 saturated carbocycles. The van der Waals surface area contributed by atoms with Crippen molar-refractivity contribution >= 4 is 23.6 Å². The van der Waals surface area contributed by atoms with Gasteiger partial charge in [-0.3, -0.25) is 29.3 Å². The molecule has 2 N–H and O–H groups in total. The number of nitrogens with one attached hydrogen (secondary N) is 1. The van der Waals surface area contributed by atoms with E-state index in [1.807, 2.05) is 44.2 Å². The lowest BCUT2D eigenvalue weighted by Gasteiger charge is -2.36. The lowest BCUT2D eigenvalue weighted by Crippen LogP contribution is -2.48. The van der Waals surface area contributed by atoms with Crippen molar-refractivity contribution < 1.29 is 41.9 Å². The lowest BCUT2D eigenvalue weighted by atomic mass is 9.67. The summed E-state index contributed by atoms with van der Waals surface area (Å²) in [7, 11) is 0. The Hall–Kier alpha value is -3.80. The van der Waals surface area contributed by atoms with Gasteiger partial charge in [-0.15, -0.1) is 0 Å². The third kappa shape index (κ3) is 4.96. The average molecular weight is 564 g/mol. The topological polar surface area (TPSA) is 107 Å². The minimum absolute atomic E-state index is 0.0690. The third-order valence-electron chi connectivity index (χ3n) is 7.75. The molecule has 40 heavy (non-hydrogen) atoms. The predicted molar refractivity (Wildman–Crippen MR) is 133 cm³/mol. The molecule has 2 atom stereocenters. The van der Waals surface area contributed by atoms with Crippen LogP contribution in [0.1, 0.15) is 59.4 Å². The van der Waals surface area contributed by atoms with E-state index in [0.29, 0.717) is 24.4 Å². The maximum atomic E-state index is 14.3. The molecule has 0 spiro atoms. The molecule has 2 heterocycles. The van der Waals surface area contributed by atoms with Crippen LogP contribution in [0.3, 0.4) is 0 Å². The molecule has 1 saturated heterocycles. The molecule has 12 heteroatoms. The summed E-state index contributed by atoms with van der Waals surface area (Å²) in [5, 5.41) is 9.54. The zero-order valence-corrected chi connectivity index (χ0v) is 22.0.